The first-order chi connectivity index (χ1) is 18.0. The Hall–Kier alpha value is -3.82. The normalized spacial score (nSPS) is 12.7. The largest absolute Gasteiger partial charge is 0.460 e. The Morgan fingerprint density at radius 1 is 1.00 bits per heavy atom. The lowest BCUT2D eigenvalue weighted by Crippen LogP contribution is -2.37. The van der Waals surface area contributed by atoms with Crippen molar-refractivity contribution in [3.8, 4) is 5.69 Å². The van der Waals surface area contributed by atoms with Crippen molar-refractivity contribution >= 4 is 23.0 Å². The lowest BCUT2D eigenvalue weighted by molar-refractivity contribution is -0.154. The summed E-state index contributed by atoms with van der Waals surface area (Å²) in [4.78, 5) is 43.2. The molecule has 39 heavy (non-hydrogen) atoms. The van der Waals surface area contributed by atoms with Crippen LogP contribution in [0.25, 0.3) is 16.6 Å². The third-order valence-electron chi connectivity index (χ3n) is 5.48. The molecule has 1 N–H and O–H groups in total. The van der Waals surface area contributed by atoms with Crippen molar-refractivity contribution in [3.05, 3.63) is 69.8 Å². The molecule has 0 fully saturated rings. The number of rotatable bonds is 7. The molecule has 0 aliphatic carbocycles. The van der Waals surface area contributed by atoms with E-state index in [1.54, 1.807) is 66.7 Å². The lowest BCUT2D eigenvalue weighted by atomic mass is 10.0. The van der Waals surface area contributed by atoms with Gasteiger partial charge in [-0.3, -0.25) is 14.2 Å². The first kappa shape index (κ1) is 29.7. The fourth-order valence-electron chi connectivity index (χ4n) is 4.10. The number of aryl methyl sites for hydroxylation is 1. The molecule has 10 heteroatoms. The van der Waals surface area contributed by atoms with Gasteiger partial charge in [0.15, 0.2) is 0 Å². The number of carbonyl (C=O) groups is 2. The Balaban J connectivity index is 2.08. The van der Waals surface area contributed by atoms with E-state index in [1.165, 1.54) is 0 Å². The number of nitrogens with zero attached hydrogens (tertiary/aromatic N) is 2. The van der Waals surface area contributed by atoms with Gasteiger partial charge in [-0.05, 0) is 85.1 Å². The summed E-state index contributed by atoms with van der Waals surface area (Å²) in [5.74, 6) is -2.03. The van der Waals surface area contributed by atoms with E-state index in [1.807, 2.05) is 0 Å². The third-order valence-corrected chi connectivity index (χ3v) is 5.48. The van der Waals surface area contributed by atoms with E-state index in [-0.39, 0.29) is 29.3 Å². The molecule has 210 valence electrons. The molecule has 0 saturated carbocycles. The second-order valence-corrected chi connectivity index (χ2v) is 11.4. The zero-order valence-electron chi connectivity index (χ0n) is 23.4. The van der Waals surface area contributed by atoms with Crippen molar-refractivity contribution in [2.75, 3.05) is 0 Å². The minimum absolute atomic E-state index is 0.0641. The topological polar surface area (TPSA) is 99.5 Å². The molecule has 3 aromatic rings. The number of nitrogens with one attached hydrogen (secondary N) is 1. The van der Waals surface area contributed by atoms with Crippen LogP contribution in [0.1, 0.15) is 78.7 Å². The zero-order valence-corrected chi connectivity index (χ0v) is 23.4. The standard InChI is InChI=1S/C29H35F2N3O5/c1-17(32-27(37)39-29(5,6)7)25-33-22-12-8-10-18(11-9-13-23(35)38-28(2,3)4)24(22)26(36)34(25)21-15-19(30)14-20(31)16-21/h8,10,12,14-17H,9,11,13H2,1-7H3,(H,32,37). The van der Waals surface area contributed by atoms with Gasteiger partial charge in [0.1, 0.15) is 28.7 Å². The number of hydrogen-bond donors (Lipinski definition) is 1. The van der Waals surface area contributed by atoms with Crippen LogP contribution in [0.15, 0.2) is 41.2 Å². The van der Waals surface area contributed by atoms with Crippen LogP contribution in [0, 0.1) is 11.6 Å². The Morgan fingerprint density at radius 2 is 1.62 bits per heavy atom. The molecule has 0 aliphatic heterocycles. The van der Waals surface area contributed by atoms with Crippen molar-refractivity contribution in [1.29, 1.82) is 0 Å². The van der Waals surface area contributed by atoms with Crippen LogP contribution in [0.5, 0.6) is 0 Å². The summed E-state index contributed by atoms with van der Waals surface area (Å²) in [7, 11) is 0. The van der Waals surface area contributed by atoms with Crippen molar-refractivity contribution < 1.29 is 27.8 Å². The van der Waals surface area contributed by atoms with Gasteiger partial charge in [0.25, 0.3) is 5.56 Å². The van der Waals surface area contributed by atoms with E-state index in [9.17, 15) is 23.2 Å². The average molecular weight is 544 g/mol. The first-order valence-electron chi connectivity index (χ1n) is 12.8. The van der Waals surface area contributed by atoms with Crippen LogP contribution in [-0.2, 0) is 20.7 Å². The summed E-state index contributed by atoms with van der Waals surface area (Å²) in [6, 6.07) is 7.01. The van der Waals surface area contributed by atoms with E-state index in [0.29, 0.717) is 30.0 Å². The molecule has 8 nitrogen and oxygen atoms in total. The Bertz CT molecular complexity index is 1420. The molecular formula is C29H35F2N3O5. The van der Waals surface area contributed by atoms with Gasteiger partial charge in [0.2, 0.25) is 0 Å². The summed E-state index contributed by atoms with van der Waals surface area (Å²) in [5.41, 5.74) is -1.04. The molecule has 0 aliphatic rings. The zero-order chi connectivity index (χ0) is 29.1. The highest BCUT2D eigenvalue weighted by molar-refractivity contribution is 5.82. The van der Waals surface area contributed by atoms with E-state index < -0.39 is 40.5 Å². The van der Waals surface area contributed by atoms with Crippen LogP contribution in [0.4, 0.5) is 13.6 Å². The van der Waals surface area contributed by atoms with Crippen LogP contribution in [-0.4, -0.2) is 32.8 Å². The molecule has 1 unspecified atom stereocenters. The third kappa shape index (κ3) is 8.08. The number of aromatic nitrogens is 2. The summed E-state index contributed by atoms with van der Waals surface area (Å²) in [6.45, 7) is 12.1. The summed E-state index contributed by atoms with van der Waals surface area (Å²) < 4.78 is 40.2. The molecule has 0 spiro atoms. The van der Waals surface area contributed by atoms with Crippen molar-refractivity contribution in [2.45, 2.75) is 85.0 Å². The number of halogens is 2. The predicted octanol–water partition coefficient (Wildman–Crippen LogP) is 5.91. The molecule has 0 radical (unpaired) electrons. The second kappa shape index (κ2) is 11.5. The maximum absolute atomic E-state index is 14.2. The van der Waals surface area contributed by atoms with Crippen molar-refractivity contribution in [2.24, 2.45) is 0 Å². The van der Waals surface area contributed by atoms with Gasteiger partial charge in [-0.25, -0.2) is 18.6 Å². The number of carbonyl (C=O) groups excluding carboxylic acids is 2. The van der Waals surface area contributed by atoms with Gasteiger partial charge < -0.3 is 14.8 Å². The maximum atomic E-state index is 14.2. The quantitative estimate of drug-likeness (QED) is 0.372. The molecule has 1 amide bonds. The number of alkyl carbamates (subject to hydrolysis) is 1. The number of fused-ring (bicyclic) bond motifs is 1. The number of hydrogen-bond acceptors (Lipinski definition) is 6. The summed E-state index contributed by atoms with van der Waals surface area (Å²) in [6.07, 6.45) is 0.202. The SMILES string of the molecule is CC(NC(=O)OC(C)(C)C)c1nc2cccc(CCCC(=O)OC(C)(C)C)c2c(=O)n1-c1cc(F)cc(F)c1. The Labute approximate surface area is 226 Å². The van der Waals surface area contributed by atoms with Gasteiger partial charge >= 0.3 is 12.1 Å². The first-order valence-corrected chi connectivity index (χ1v) is 12.8. The number of benzene rings is 2. The fourth-order valence-corrected chi connectivity index (χ4v) is 4.10. The van der Waals surface area contributed by atoms with Gasteiger partial charge in [0.05, 0.1) is 22.6 Å². The van der Waals surface area contributed by atoms with Gasteiger partial charge in [-0.15, -0.1) is 0 Å². The van der Waals surface area contributed by atoms with E-state index in [2.05, 4.69) is 10.3 Å². The van der Waals surface area contributed by atoms with Crippen LogP contribution in [0.2, 0.25) is 0 Å². The van der Waals surface area contributed by atoms with Crippen molar-refractivity contribution in [1.82, 2.24) is 14.9 Å². The van der Waals surface area contributed by atoms with Crippen LogP contribution >= 0.6 is 0 Å². The number of amides is 1. The van der Waals surface area contributed by atoms with E-state index >= 15 is 0 Å². The molecule has 0 saturated heterocycles. The number of ether oxygens (including phenoxy) is 2. The highest BCUT2D eigenvalue weighted by atomic mass is 19.1. The smallest absolute Gasteiger partial charge is 0.408 e. The molecule has 2 aromatic carbocycles. The van der Waals surface area contributed by atoms with Gasteiger partial charge in [-0.2, -0.15) is 0 Å². The molecular weight excluding hydrogens is 508 g/mol. The monoisotopic (exact) mass is 543 g/mol. The van der Waals surface area contributed by atoms with Gasteiger partial charge in [-0.1, -0.05) is 12.1 Å². The molecule has 0 bridgehead atoms. The summed E-state index contributed by atoms with van der Waals surface area (Å²) >= 11 is 0. The minimum atomic E-state index is -0.874. The molecule has 1 atom stereocenters. The lowest BCUT2D eigenvalue weighted by Gasteiger charge is -2.23. The second-order valence-electron chi connectivity index (χ2n) is 11.4. The Morgan fingerprint density at radius 3 is 2.21 bits per heavy atom. The highest BCUT2D eigenvalue weighted by Gasteiger charge is 2.24. The minimum Gasteiger partial charge on any atom is -0.460 e. The van der Waals surface area contributed by atoms with Crippen LogP contribution in [0.3, 0.4) is 0 Å². The molecule has 1 aromatic heterocycles. The molecule has 3 rings (SSSR count). The summed E-state index contributed by atoms with van der Waals surface area (Å²) in [5, 5.41) is 2.89. The fraction of sp³-hybridized carbons (Fsp3) is 0.448. The van der Waals surface area contributed by atoms with Crippen LogP contribution < -0.4 is 10.9 Å². The predicted molar refractivity (Wildman–Crippen MR) is 144 cm³/mol. The van der Waals surface area contributed by atoms with E-state index in [4.69, 9.17) is 9.47 Å². The highest BCUT2D eigenvalue weighted by Crippen LogP contribution is 2.23. The number of esters is 1. The maximum Gasteiger partial charge on any atom is 0.408 e. The van der Waals surface area contributed by atoms with Gasteiger partial charge in [0, 0.05) is 12.5 Å². The Kier molecular flexibility index (Phi) is 8.77. The average Bonchev–Trinajstić information content (AvgIpc) is 2.75. The molecule has 1 heterocycles. The van der Waals surface area contributed by atoms with E-state index in [0.717, 1.165) is 16.7 Å². The van der Waals surface area contributed by atoms with Crippen molar-refractivity contribution in [3.63, 3.8) is 0 Å².